The summed E-state index contributed by atoms with van der Waals surface area (Å²) in [5.74, 6) is -0.0178. The highest BCUT2D eigenvalue weighted by molar-refractivity contribution is 7.19. The second-order valence-electron chi connectivity index (χ2n) is 3.74. The largest absolute Gasteiger partial charge is 0.396 e. The predicted molar refractivity (Wildman–Crippen MR) is 66.8 cm³/mol. The fourth-order valence-electron chi connectivity index (χ4n) is 1.29. The van der Waals surface area contributed by atoms with E-state index in [4.69, 9.17) is 11.0 Å². The average Bonchev–Trinajstić information content (AvgIpc) is 2.53. The third-order valence-corrected chi connectivity index (χ3v) is 3.23. The Morgan fingerprint density at radius 3 is 2.69 bits per heavy atom. The van der Waals surface area contributed by atoms with Gasteiger partial charge >= 0.3 is 0 Å². The quantitative estimate of drug-likeness (QED) is 0.789. The van der Waals surface area contributed by atoms with Gasteiger partial charge in [-0.1, -0.05) is 6.92 Å². The molecular formula is C11H15N3OS. The Kier molecular flexibility index (Phi) is 3.91. The smallest absolute Gasteiger partial charge is 0.174 e. The Balaban J connectivity index is 3.21. The molecule has 1 heterocycles. The van der Waals surface area contributed by atoms with Crippen molar-refractivity contribution in [2.24, 2.45) is 0 Å². The molecule has 0 radical (unpaired) electrons. The van der Waals surface area contributed by atoms with Crippen LogP contribution in [0.15, 0.2) is 0 Å². The maximum atomic E-state index is 11.6. The number of nitrogens with zero attached hydrogens (tertiary/aromatic N) is 1. The van der Waals surface area contributed by atoms with Gasteiger partial charge in [-0.15, -0.1) is 11.3 Å². The van der Waals surface area contributed by atoms with Crippen LogP contribution >= 0.6 is 11.3 Å². The number of hydrogen-bond acceptors (Lipinski definition) is 5. The van der Waals surface area contributed by atoms with Crippen LogP contribution in [0.1, 0.15) is 42.4 Å². The summed E-state index contributed by atoms with van der Waals surface area (Å²) in [5, 5.41) is 12.8. The molecule has 0 fully saturated rings. The topological polar surface area (TPSA) is 78.9 Å². The lowest BCUT2D eigenvalue weighted by Crippen LogP contribution is -2.09. The molecule has 4 nitrogen and oxygen atoms in total. The number of carbonyl (C=O) groups is 1. The minimum Gasteiger partial charge on any atom is -0.396 e. The van der Waals surface area contributed by atoms with E-state index in [0.717, 1.165) is 0 Å². The van der Waals surface area contributed by atoms with Crippen LogP contribution in [0.4, 0.5) is 10.7 Å². The molecule has 0 amide bonds. The first-order valence-electron chi connectivity index (χ1n) is 5.13. The number of Topliss-reactive ketones (excluding diaryl/α,β-unsaturated/α-hetero) is 1. The Bertz CT molecular complexity index is 443. The molecule has 5 heteroatoms. The lowest BCUT2D eigenvalue weighted by atomic mass is 10.2. The summed E-state index contributed by atoms with van der Waals surface area (Å²) < 4.78 is 0. The summed E-state index contributed by atoms with van der Waals surface area (Å²) in [6, 6.07) is 2.24. The van der Waals surface area contributed by atoms with E-state index in [1.165, 1.54) is 11.3 Å². The molecule has 3 N–H and O–H groups in total. The molecule has 0 bridgehead atoms. The number of anilines is 2. The SMILES string of the molecule is CCC(=O)c1sc(NC(C)C)c(C#N)c1N. The van der Waals surface area contributed by atoms with Gasteiger partial charge < -0.3 is 11.1 Å². The van der Waals surface area contributed by atoms with Gasteiger partial charge in [-0.2, -0.15) is 5.26 Å². The molecule has 16 heavy (non-hydrogen) atoms. The molecule has 0 aromatic carbocycles. The van der Waals surface area contributed by atoms with E-state index in [2.05, 4.69) is 5.32 Å². The van der Waals surface area contributed by atoms with Gasteiger partial charge in [0.05, 0.1) is 10.6 Å². The number of nitrogen functional groups attached to an aromatic ring is 1. The molecule has 0 saturated carbocycles. The highest BCUT2D eigenvalue weighted by Gasteiger charge is 2.20. The van der Waals surface area contributed by atoms with E-state index in [1.54, 1.807) is 6.92 Å². The van der Waals surface area contributed by atoms with Crippen LogP contribution in [-0.4, -0.2) is 11.8 Å². The summed E-state index contributed by atoms with van der Waals surface area (Å²) >= 11 is 1.26. The van der Waals surface area contributed by atoms with E-state index in [-0.39, 0.29) is 11.8 Å². The van der Waals surface area contributed by atoms with Crippen molar-refractivity contribution in [3.8, 4) is 6.07 Å². The Hall–Kier alpha value is -1.54. The van der Waals surface area contributed by atoms with Crippen molar-refractivity contribution >= 4 is 27.8 Å². The Morgan fingerprint density at radius 2 is 2.25 bits per heavy atom. The minimum absolute atomic E-state index is 0.0178. The Morgan fingerprint density at radius 1 is 1.62 bits per heavy atom. The van der Waals surface area contributed by atoms with E-state index in [0.29, 0.717) is 27.5 Å². The normalized spacial score (nSPS) is 10.2. The number of rotatable bonds is 4. The maximum Gasteiger partial charge on any atom is 0.174 e. The second kappa shape index (κ2) is 4.99. The average molecular weight is 237 g/mol. The molecule has 1 aromatic heterocycles. The fourth-order valence-corrected chi connectivity index (χ4v) is 2.51. The standard InChI is InChI=1S/C11H15N3OS/c1-4-8(15)10-9(13)7(5-12)11(16-10)14-6(2)3/h6,14H,4,13H2,1-3H3. The number of hydrogen-bond donors (Lipinski definition) is 2. The van der Waals surface area contributed by atoms with E-state index >= 15 is 0 Å². The van der Waals surface area contributed by atoms with Gasteiger partial charge in [0.1, 0.15) is 16.6 Å². The first-order valence-corrected chi connectivity index (χ1v) is 5.95. The summed E-state index contributed by atoms with van der Waals surface area (Å²) in [6.07, 6.45) is 0.400. The highest BCUT2D eigenvalue weighted by atomic mass is 32.1. The maximum absolute atomic E-state index is 11.6. The monoisotopic (exact) mass is 237 g/mol. The fraction of sp³-hybridized carbons (Fsp3) is 0.455. The zero-order valence-electron chi connectivity index (χ0n) is 9.63. The third-order valence-electron chi connectivity index (χ3n) is 2.05. The molecule has 86 valence electrons. The van der Waals surface area contributed by atoms with Gasteiger partial charge in [0.2, 0.25) is 0 Å². The van der Waals surface area contributed by atoms with E-state index in [1.807, 2.05) is 19.9 Å². The first-order chi connectivity index (χ1) is 7.51. The van der Waals surface area contributed by atoms with Crippen molar-refractivity contribution in [2.75, 3.05) is 11.1 Å². The molecular weight excluding hydrogens is 222 g/mol. The second-order valence-corrected chi connectivity index (χ2v) is 4.76. The van der Waals surface area contributed by atoms with Crippen molar-refractivity contribution in [3.05, 3.63) is 10.4 Å². The van der Waals surface area contributed by atoms with Crippen molar-refractivity contribution in [1.29, 1.82) is 5.26 Å². The number of thiophene rings is 1. The zero-order valence-corrected chi connectivity index (χ0v) is 10.4. The van der Waals surface area contributed by atoms with Crippen LogP contribution in [0.5, 0.6) is 0 Å². The van der Waals surface area contributed by atoms with Gasteiger partial charge in [0.15, 0.2) is 5.78 Å². The van der Waals surface area contributed by atoms with Crippen LogP contribution in [0, 0.1) is 11.3 Å². The van der Waals surface area contributed by atoms with Crippen molar-refractivity contribution in [1.82, 2.24) is 0 Å². The van der Waals surface area contributed by atoms with Gasteiger partial charge in [0.25, 0.3) is 0 Å². The van der Waals surface area contributed by atoms with Gasteiger partial charge in [-0.3, -0.25) is 4.79 Å². The predicted octanol–water partition coefficient (Wildman–Crippen LogP) is 2.61. The minimum atomic E-state index is -0.0178. The summed E-state index contributed by atoms with van der Waals surface area (Å²) in [7, 11) is 0. The van der Waals surface area contributed by atoms with Crippen LogP contribution in [-0.2, 0) is 0 Å². The molecule has 0 aliphatic rings. The Labute approximate surface area is 99.1 Å². The number of nitrogens with two attached hydrogens (primary N) is 1. The molecule has 0 atom stereocenters. The number of nitriles is 1. The van der Waals surface area contributed by atoms with Crippen molar-refractivity contribution in [2.45, 2.75) is 33.2 Å². The third kappa shape index (κ3) is 2.34. The molecule has 0 saturated heterocycles. The van der Waals surface area contributed by atoms with Gasteiger partial charge in [-0.05, 0) is 13.8 Å². The van der Waals surface area contributed by atoms with Crippen LogP contribution < -0.4 is 11.1 Å². The van der Waals surface area contributed by atoms with Crippen LogP contribution in [0.25, 0.3) is 0 Å². The van der Waals surface area contributed by atoms with Crippen molar-refractivity contribution < 1.29 is 4.79 Å². The molecule has 0 aliphatic heterocycles. The molecule has 1 rings (SSSR count). The summed E-state index contributed by atoms with van der Waals surface area (Å²) in [4.78, 5) is 12.1. The van der Waals surface area contributed by atoms with Gasteiger partial charge in [-0.25, -0.2) is 0 Å². The number of nitrogens with one attached hydrogen (secondary N) is 1. The van der Waals surface area contributed by atoms with E-state index in [9.17, 15) is 4.79 Å². The van der Waals surface area contributed by atoms with Crippen LogP contribution in [0.2, 0.25) is 0 Å². The lowest BCUT2D eigenvalue weighted by Gasteiger charge is -2.06. The summed E-state index contributed by atoms with van der Waals surface area (Å²) in [6.45, 7) is 5.72. The van der Waals surface area contributed by atoms with Crippen LogP contribution in [0.3, 0.4) is 0 Å². The highest BCUT2D eigenvalue weighted by Crippen LogP contribution is 2.36. The first kappa shape index (κ1) is 12.5. The molecule has 0 spiro atoms. The molecule has 1 aromatic rings. The molecule has 0 unspecified atom stereocenters. The molecule has 0 aliphatic carbocycles. The summed E-state index contributed by atoms with van der Waals surface area (Å²) in [5.41, 5.74) is 6.49. The van der Waals surface area contributed by atoms with E-state index < -0.39 is 0 Å². The van der Waals surface area contributed by atoms with Crippen molar-refractivity contribution in [3.63, 3.8) is 0 Å². The number of ketones is 1. The lowest BCUT2D eigenvalue weighted by molar-refractivity contribution is 0.0993. The van der Waals surface area contributed by atoms with Gasteiger partial charge in [0, 0.05) is 12.5 Å². The number of carbonyl (C=O) groups excluding carboxylic acids is 1. The zero-order chi connectivity index (χ0) is 12.3.